The van der Waals surface area contributed by atoms with Gasteiger partial charge in [0.2, 0.25) is 5.91 Å². The first kappa shape index (κ1) is 18.1. The van der Waals surface area contributed by atoms with E-state index in [4.69, 9.17) is 14.9 Å². The maximum atomic E-state index is 14.6. The van der Waals surface area contributed by atoms with Crippen LogP contribution in [-0.2, 0) is 14.3 Å². The first-order valence-corrected chi connectivity index (χ1v) is 8.38. The molecule has 1 aromatic rings. The maximum absolute atomic E-state index is 14.6. The summed E-state index contributed by atoms with van der Waals surface area (Å²) >= 11 is 0. The van der Waals surface area contributed by atoms with Crippen LogP contribution in [0.5, 0.6) is 0 Å². The number of cyclic esters (lactones) is 1. The number of ether oxygens (including phenoxy) is 2. The molecule has 1 aromatic carbocycles. The van der Waals surface area contributed by atoms with Crippen LogP contribution in [0.2, 0.25) is 0 Å². The van der Waals surface area contributed by atoms with E-state index in [-0.39, 0.29) is 12.5 Å². The lowest BCUT2D eigenvalue weighted by Crippen LogP contribution is -2.43. The van der Waals surface area contributed by atoms with Crippen LogP contribution in [0.4, 0.5) is 20.6 Å². The van der Waals surface area contributed by atoms with Crippen molar-refractivity contribution in [2.45, 2.75) is 19.1 Å². The Hall–Kier alpha value is -2.68. The number of nitrogens with one attached hydrogen (secondary N) is 2. The van der Waals surface area contributed by atoms with Crippen LogP contribution in [0.1, 0.15) is 6.92 Å². The number of anilines is 2. The van der Waals surface area contributed by atoms with Crippen molar-refractivity contribution in [1.82, 2.24) is 5.32 Å². The molecule has 0 aliphatic carbocycles. The van der Waals surface area contributed by atoms with Crippen molar-refractivity contribution in [3.8, 4) is 0 Å². The number of hydrogen-bond donors (Lipinski definition) is 2. The number of morpholine rings is 1. The van der Waals surface area contributed by atoms with E-state index in [0.717, 1.165) is 6.21 Å². The Labute approximate surface area is 150 Å². The molecule has 0 unspecified atom stereocenters. The summed E-state index contributed by atoms with van der Waals surface area (Å²) in [7, 11) is 0. The van der Waals surface area contributed by atoms with E-state index in [1.807, 2.05) is 4.90 Å². The predicted octanol–water partition coefficient (Wildman–Crippen LogP) is 1.14. The van der Waals surface area contributed by atoms with E-state index in [1.165, 1.54) is 17.9 Å². The van der Waals surface area contributed by atoms with Gasteiger partial charge >= 0.3 is 6.09 Å². The number of rotatable bonds is 5. The molecule has 2 fully saturated rings. The molecular weight excluding hydrogens is 343 g/mol. The van der Waals surface area contributed by atoms with Gasteiger partial charge in [-0.15, -0.1) is 0 Å². The van der Waals surface area contributed by atoms with Crippen molar-refractivity contribution in [2.24, 2.45) is 0 Å². The number of carbonyl (C=O) groups is 2. The average molecular weight is 364 g/mol. The second-order valence-electron chi connectivity index (χ2n) is 6.12. The molecule has 2 atom stereocenters. The molecule has 8 nitrogen and oxygen atoms in total. The van der Waals surface area contributed by atoms with Crippen LogP contribution in [-0.4, -0.2) is 63.2 Å². The van der Waals surface area contributed by atoms with Crippen LogP contribution >= 0.6 is 0 Å². The topological polar surface area (TPSA) is 95.0 Å². The number of hydrogen-bond acceptors (Lipinski definition) is 6. The molecule has 0 aromatic heterocycles. The predicted molar refractivity (Wildman–Crippen MR) is 93.4 cm³/mol. The van der Waals surface area contributed by atoms with Crippen molar-refractivity contribution in [2.75, 3.05) is 42.6 Å². The SMILES string of the molecule is CC(=O)NC[C@@H]1OC(=O)N(c2ccc(N3CCOCC3)c(F)c2)[C@H]1C=N. The molecule has 0 spiro atoms. The van der Waals surface area contributed by atoms with Crippen LogP contribution in [0.15, 0.2) is 18.2 Å². The highest BCUT2D eigenvalue weighted by atomic mass is 19.1. The lowest BCUT2D eigenvalue weighted by molar-refractivity contribution is -0.119. The van der Waals surface area contributed by atoms with E-state index in [0.29, 0.717) is 37.7 Å². The van der Waals surface area contributed by atoms with Gasteiger partial charge in [0.05, 0.1) is 31.1 Å². The third-order valence-corrected chi connectivity index (χ3v) is 4.41. The fraction of sp³-hybridized carbons (Fsp3) is 0.471. The van der Waals surface area contributed by atoms with Crippen molar-refractivity contribution < 1.29 is 23.5 Å². The van der Waals surface area contributed by atoms with E-state index >= 15 is 0 Å². The summed E-state index contributed by atoms with van der Waals surface area (Å²) in [6, 6.07) is 3.80. The zero-order valence-corrected chi connectivity index (χ0v) is 14.4. The van der Waals surface area contributed by atoms with Gasteiger partial charge in [0, 0.05) is 26.2 Å². The fourth-order valence-corrected chi connectivity index (χ4v) is 3.12. The van der Waals surface area contributed by atoms with E-state index < -0.39 is 24.1 Å². The summed E-state index contributed by atoms with van der Waals surface area (Å²) in [6.07, 6.45) is -0.316. The van der Waals surface area contributed by atoms with Gasteiger partial charge in [0.1, 0.15) is 18.0 Å². The Bertz CT molecular complexity index is 708. The Morgan fingerprint density at radius 1 is 1.42 bits per heavy atom. The van der Waals surface area contributed by atoms with Gasteiger partial charge in [-0.1, -0.05) is 0 Å². The first-order valence-electron chi connectivity index (χ1n) is 8.38. The number of nitrogens with zero attached hydrogens (tertiary/aromatic N) is 2. The molecule has 2 saturated heterocycles. The summed E-state index contributed by atoms with van der Waals surface area (Å²) in [5.41, 5.74) is 0.758. The van der Waals surface area contributed by atoms with Crippen molar-refractivity contribution >= 4 is 29.6 Å². The minimum Gasteiger partial charge on any atom is -0.441 e. The number of halogens is 1. The highest BCUT2D eigenvalue weighted by molar-refractivity contribution is 5.96. The minimum atomic E-state index is -0.719. The van der Waals surface area contributed by atoms with Crippen LogP contribution in [0.25, 0.3) is 0 Å². The molecule has 2 aliphatic heterocycles. The minimum absolute atomic E-state index is 0.0892. The largest absolute Gasteiger partial charge is 0.441 e. The molecule has 26 heavy (non-hydrogen) atoms. The number of amides is 2. The summed E-state index contributed by atoms with van der Waals surface area (Å²) in [6.45, 7) is 3.73. The van der Waals surface area contributed by atoms with Gasteiger partial charge in [-0.25, -0.2) is 9.18 Å². The van der Waals surface area contributed by atoms with Crippen molar-refractivity contribution in [3.05, 3.63) is 24.0 Å². The Morgan fingerprint density at radius 3 is 2.77 bits per heavy atom. The molecule has 9 heteroatoms. The van der Waals surface area contributed by atoms with E-state index in [2.05, 4.69) is 5.32 Å². The monoisotopic (exact) mass is 364 g/mol. The van der Waals surface area contributed by atoms with Gasteiger partial charge in [-0.3, -0.25) is 9.69 Å². The molecule has 2 amide bonds. The number of benzene rings is 1. The van der Waals surface area contributed by atoms with E-state index in [9.17, 15) is 14.0 Å². The fourth-order valence-electron chi connectivity index (χ4n) is 3.12. The highest BCUT2D eigenvalue weighted by Crippen LogP contribution is 2.30. The lowest BCUT2D eigenvalue weighted by Gasteiger charge is -2.29. The second-order valence-corrected chi connectivity index (χ2v) is 6.12. The highest BCUT2D eigenvalue weighted by Gasteiger charge is 2.41. The normalized spacial score (nSPS) is 22.9. The smallest absolute Gasteiger partial charge is 0.415 e. The average Bonchev–Trinajstić information content (AvgIpc) is 2.96. The Morgan fingerprint density at radius 2 is 2.15 bits per heavy atom. The molecule has 0 radical (unpaired) electrons. The van der Waals surface area contributed by atoms with Gasteiger partial charge in [-0.2, -0.15) is 0 Å². The molecule has 2 N–H and O–H groups in total. The molecule has 2 heterocycles. The van der Waals surface area contributed by atoms with Gasteiger partial charge in [0.15, 0.2) is 0 Å². The van der Waals surface area contributed by atoms with Gasteiger partial charge in [-0.05, 0) is 18.2 Å². The molecular formula is C17H21FN4O4. The summed E-state index contributed by atoms with van der Waals surface area (Å²) < 4.78 is 25.1. The molecule has 2 aliphatic rings. The molecule has 140 valence electrons. The van der Waals surface area contributed by atoms with Gasteiger partial charge in [0.25, 0.3) is 0 Å². The lowest BCUT2D eigenvalue weighted by atomic mass is 10.1. The summed E-state index contributed by atoms with van der Waals surface area (Å²) in [5, 5.41) is 10.2. The summed E-state index contributed by atoms with van der Waals surface area (Å²) in [4.78, 5) is 26.4. The van der Waals surface area contributed by atoms with E-state index in [1.54, 1.807) is 12.1 Å². The Balaban J connectivity index is 1.80. The van der Waals surface area contributed by atoms with Crippen LogP contribution in [0, 0.1) is 11.2 Å². The number of carbonyl (C=O) groups excluding carboxylic acids is 2. The zero-order valence-electron chi connectivity index (χ0n) is 14.4. The van der Waals surface area contributed by atoms with Crippen molar-refractivity contribution in [3.63, 3.8) is 0 Å². The zero-order chi connectivity index (χ0) is 18.7. The molecule has 0 bridgehead atoms. The van der Waals surface area contributed by atoms with Crippen molar-refractivity contribution in [1.29, 1.82) is 5.41 Å². The van der Waals surface area contributed by atoms with Crippen LogP contribution < -0.4 is 15.1 Å². The quantitative estimate of drug-likeness (QED) is 0.764. The third kappa shape index (κ3) is 3.62. The first-order chi connectivity index (χ1) is 12.5. The van der Waals surface area contributed by atoms with Gasteiger partial charge < -0.3 is 25.1 Å². The van der Waals surface area contributed by atoms with Crippen LogP contribution in [0.3, 0.4) is 0 Å². The second kappa shape index (κ2) is 7.69. The molecule has 0 saturated carbocycles. The third-order valence-electron chi connectivity index (χ3n) is 4.41. The summed E-state index contributed by atoms with van der Waals surface area (Å²) in [5.74, 6) is -0.713. The Kier molecular flexibility index (Phi) is 5.36. The molecule has 3 rings (SSSR count). The maximum Gasteiger partial charge on any atom is 0.415 e. The standard InChI is InChI=1S/C17H21FN4O4/c1-11(23)20-10-16-15(9-19)22(17(24)26-16)12-2-3-14(13(18)8-12)21-4-6-25-7-5-21/h2-3,8-9,15-16,19H,4-7,10H2,1H3,(H,20,23)/t15-,16-/m0/s1.